The van der Waals surface area contributed by atoms with Crippen LogP contribution in [0.15, 0.2) is 65.7 Å². The molecule has 154 valence electrons. The van der Waals surface area contributed by atoms with Crippen molar-refractivity contribution in [2.45, 2.75) is 19.3 Å². The molecule has 0 spiro atoms. The first-order valence-corrected chi connectivity index (χ1v) is 9.86. The zero-order valence-corrected chi connectivity index (χ0v) is 16.4. The average molecular weight is 414 g/mol. The molecule has 2 N–H and O–H groups in total. The molecule has 5 rings (SSSR count). The van der Waals surface area contributed by atoms with Gasteiger partial charge in [-0.25, -0.2) is 14.2 Å². The normalized spacial score (nSPS) is 13.1. The van der Waals surface area contributed by atoms with E-state index in [0.29, 0.717) is 47.5 Å². The Balaban J connectivity index is 1.58. The minimum atomic E-state index is -0.470. The van der Waals surface area contributed by atoms with Crippen molar-refractivity contribution in [3.8, 4) is 0 Å². The molecule has 9 heteroatoms. The Hall–Kier alpha value is -4.27. The van der Waals surface area contributed by atoms with Crippen LogP contribution in [-0.2, 0) is 6.42 Å². The van der Waals surface area contributed by atoms with Gasteiger partial charge >= 0.3 is 0 Å². The van der Waals surface area contributed by atoms with Gasteiger partial charge in [-0.15, -0.1) is 0 Å². The van der Waals surface area contributed by atoms with E-state index in [1.54, 1.807) is 59.4 Å². The first kappa shape index (κ1) is 18.7. The number of nitrogens with zero attached hydrogens (tertiary/aromatic N) is 4. The van der Waals surface area contributed by atoms with Gasteiger partial charge in [-0.1, -0.05) is 18.2 Å². The number of carbonyl (C=O) groups is 2. The molecule has 1 amide bonds. The summed E-state index contributed by atoms with van der Waals surface area (Å²) in [6.45, 7) is 0. The second kappa shape index (κ2) is 7.52. The summed E-state index contributed by atoms with van der Waals surface area (Å²) in [4.78, 5) is 42.8. The number of ketones is 1. The molecule has 1 aliphatic carbocycles. The zero-order chi connectivity index (χ0) is 21.4. The van der Waals surface area contributed by atoms with E-state index in [2.05, 4.69) is 20.8 Å². The number of pyridine rings is 1. The van der Waals surface area contributed by atoms with Gasteiger partial charge in [0.25, 0.3) is 11.5 Å². The molecular weight excluding hydrogens is 396 g/mol. The van der Waals surface area contributed by atoms with Crippen LogP contribution in [0.25, 0.3) is 5.65 Å². The first-order chi connectivity index (χ1) is 15.1. The highest BCUT2D eigenvalue weighted by molar-refractivity contribution is 6.05. The van der Waals surface area contributed by atoms with Gasteiger partial charge in [0.05, 0.1) is 11.9 Å². The molecule has 0 bridgehead atoms. The number of Topliss-reactive ketones (excluding diaryl/α,β-unsaturated/α-hetero) is 1. The van der Waals surface area contributed by atoms with Crippen LogP contribution >= 0.6 is 0 Å². The van der Waals surface area contributed by atoms with Crippen molar-refractivity contribution in [2.75, 3.05) is 10.7 Å². The van der Waals surface area contributed by atoms with E-state index in [-0.39, 0.29) is 11.5 Å². The van der Waals surface area contributed by atoms with Crippen LogP contribution in [0.1, 0.15) is 39.3 Å². The van der Waals surface area contributed by atoms with Gasteiger partial charge in [0, 0.05) is 23.7 Å². The van der Waals surface area contributed by atoms with E-state index in [9.17, 15) is 14.4 Å². The number of hydrogen-bond acceptors (Lipinski definition) is 6. The van der Waals surface area contributed by atoms with Crippen LogP contribution in [0.2, 0.25) is 0 Å². The number of hydrogen-bond donors (Lipinski definition) is 2. The van der Waals surface area contributed by atoms with Crippen molar-refractivity contribution in [3.63, 3.8) is 0 Å². The lowest BCUT2D eigenvalue weighted by molar-refractivity contribution is 0.0968. The Morgan fingerprint density at radius 1 is 1.03 bits per heavy atom. The van der Waals surface area contributed by atoms with Gasteiger partial charge in [-0.3, -0.25) is 19.8 Å². The Labute approximate surface area is 176 Å². The molecular formula is C22H18N6O3. The number of aromatic nitrogens is 4. The fourth-order valence-electron chi connectivity index (χ4n) is 3.68. The first-order valence-electron chi connectivity index (χ1n) is 9.86. The molecule has 0 saturated carbocycles. The van der Waals surface area contributed by atoms with E-state index < -0.39 is 11.5 Å². The molecule has 1 aliphatic rings. The average Bonchev–Trinajstić information content (AvgIpc) is 3.20. The number of nitrogens with one attached hydrogen (secondary N) is 2. The third-order valence-corrected chi connectivity index (χ3v) is 5.17. The fourth-order valence-corrected chi connectivity index (χ4v) is 3.68. The predicted octanol–water partition coefficient (Wildman–Crippen LogP) is 2.54. The number of anilines is 2. The second-order valence-corrected chi connectivity index (χ2v) is 7.22. The lowest BCUT2D eigenvalue weighted by Crippen LogP contribution is -2.35. The minimum Gasteiger partial charge on any atom is -0.317 e. The number of amides is 1. The highest BCUT2D eigenvalue weighted by Gasteiger charge is 2.24. The largest absolute Gasteiger partial charge is 0.317 e. The van der Waals surface area contributed by atoms with Crippen molar-refractivity contribution in [3.05, 3.63) is 88.1 Å². The van der Waals surface area contributed by atoms with E-state index in [0.717, 1.165) is 0 Å². The van der Waals surface area contributed by atoms with Gasteiger partial charge in [0.1, 0.15) is 5.69 Å². The van der Waals surface area contributed by atoms with Crippen molar-refractivity contribution < 1.29 is 9.59 Å². The molecule has 0 fully saturated rings. The standard InChI is InChI=1S/C22H18N6O3/c29-18-9-4-8-17-15(18)12-16(24-21(30)14-6-2-1-3-7-14)22(31)28(17)26-19-13-27-20(25-19)10-5-11-23-27/h1-3,5-7,10-13,26H,4,8-9H2,(H,24,30). The summed E-state index contributed by atoms with van der Waals surface area (Å²) in [5, 5.41) is 6.82. The molecule has 0 unspecified atom stereocenters. The molecule has 0 saturated heterocycles. The third kappa shape index (κ3) is 3.46. The lowest BCUT2D eigenvalue weighted by Gasteiger charge is -2.22. The van der Waals surface area contributed by atoms with Crippen LogP contribution in [0.4, 0.5) is 11.5 Å². The number of benzene rings is 1. The summed E-state index contributed by atoms with van der Waals surface area (Å²) in [6.07, 6.45) is 4.88. The smallest absolute Gasteiger partial charge is 0.293 e. The van der Waals surface area contributed by atoms with E-state index in [1.165, 1.54) is 10.7 Å². The summed E-state index contributed by atoms with van der Waals surface area (Å²) in [5.41, 5.74) is 4.56. The minimum absolute atomic E-state index is 0.0252. The summed E-state index contributed by atoms with van der Waals surface area (Å²) in [7, 11) is 0. The molecule has 0 atom stereocenters. The van der Waals surface area contributed by atoms with Crippen molar-refractivity contribution in [2.24, 2.45) is 0 Å². The van der Waals surface area contributed by atoms with E-state index >= 15 is 0 Å². The van der Waals surface area contributed by atoms with Gasteiger partial charge < -0.3 is 5.32 Å². The zero-order valence-electron chi connectivity index (χ0n) is 16.4. The Morgan fingerprint density at radius 2 is 1.87 bits per heavy atom. The summed E-state index contributed by atoms with van der Waals surface area (Å²) < 4.78 is 2.88. The predicted molar refractivity (Wildman–Crippen MR) is 114 cm³/mol. The number of carbonyl (C=O) groups excluding carboxylic acids is 2. The highest BCUT2D eigenvalue weighted by Crippen LogP contribution is 2.23. The fraction of sp³-hybridized carbons (Fsp3) is 0.136. The maximum Gasteiger partial charge on any atom is 0.293 e. The Bertz CT molecular complexity index is 1340. The Kier molecular flexibility index (Phi) is 4.55. The number of imidazole rings is 1. The monoisotopic (exact) mass is 414 g/mol. The Morgan fingerprint density at radius 3 is 2.68 bits per heavy atom. The quantitative estimate of drug-likeness (QED) is 0.531. The second-order valence-electron chi connectivity index (χ2n) is 7.22. The van der Waals surface area contributed by atoms with Gasteiger partial charge in [0.2, 0.25) is 0 Å². The molecule has 4 aromatic rings. The van der Waals surface area contributed by atoms with Crippen LogP contribution < -0.4 is 16.3 Å². The van der Waals surface area contributed by atoms with Crippen LogP contribution in [0.3, 0.4) is 0 Å². The number of rotatable bonds is 4. The summed E-state index contributed by atoms with van der Waals surface area (Å²) in [6, 6.07) is 13.6. The SMILES string of the molecule is O=C(Nc1cc2c(n(Nc3cn4ncccc4n3)c1=O)CCCC2=O)c1ccccc1. The number of fused-ring (bicyclic) bond motifs is 2. The molecule has 0 aliphatic heterocycles. The molecule has 1 aromatic carbocycles. The summed E-state index contributed by atoms with van der Waals surface area (Å²) >= 11 is 0. The molecule has 9 nitrogen and oxygen atoms in total. The highest BCUT2D eigenvalue weighted by atomic mass is 16.2. The molecule has 3 heterocycles. The maximum atomic E-state index is 13.3. The van der Waals surface area contributed by atoms with Crippen LogP contribution in [-0.4, -0.2) is 31.0 Å². The topological polar surface area (TPSA) is 110 Å². The summed E-state index contributed by atoms with van der Waals surface area (Å²) in [5.74, 6) is -0.0966. The maximum absolute atomic E-state index is 13.3. The molecule has 0 radical (unpaired) electrons. The van der Waals surface area contributed by atoms with E-state index in [4.69, 9.17) is 0 Å². The molecule has 31 heavy (non-hydrogen) atoms. The van der Waals surface area contributed by atoms with Gasteiger partial charge in [0.15, 0.2) is 17.2 Å². The third-order valence-electron chi connectivity index (χ3n) is 5.17. The van der Waals surface area contributed by atoms with Gasteiger partial charge in [-0.2, -0.15) is 5.10 Å². The van der Waals surface area contributed by atoms with Crippen molar-refractivity contribution >= 4 is 28.8 Å². The lowest BCUT2D eigenvalue weighted by atomic mass is 9.94. The van der Waals surface area contributed by atoms with Gasteiger partial charge in [-0.05, 0) is 43.2 Å². The van der Waals surface area contributed by atoms with Crippen LogP contribution in [0, 0.1) is 0 Å². The molecule has 3 aromatic heterocycles. The van der Waals surface area contributed by atoms with Crippen LogP contribution in [0.5, 0.6) is 0 Å². The van der Waals surface area contributed by atoms with E-state index in [1.807, 2.05) is 0 Å². The van der Waals surface area contributed by atoms with Crippen molar-refractivity contribution in [1.29, 1.82) is 0 Å². The van der Waals surface area contributed by atoms with Crippen molar-refractivity contribution in [1.82, 2.24) is 19.3 Å².